The molecular formula is C15H14N2OS. The zero-order valence-corrected chi connectivity index (χ0v) is 11.1. The Bertz CT molecular complexity index is 635. The van der Waals surface area contributed by atoms with Gasteiger partial charge in [0.05, 0.1) is 12.1 Å². The van der Waals surface area contributed by atoms with E-state index in [4.69, 9.17) is 0 Å². The molecule has 3 heterocycles. The maximum Gasteiger partial charge on any atom is 0.0856 e. The Balaban J connectivity index is 1.86. The van der Waals surface area contributed by atoms with Crippen LogP contribution in [0.3, 0.4) is 0 Å². The first-order valence-corrected chi connectivity index (χ1v) is 7.32. The summed E-state index contributed by atoms with van der Waals surface area (Å²) in [6, 6.07) is 10.5. The summed E-state index contributed by atoms with van der Waals surface area (Å²) in [4.78, 5) is 0. The van der Waals surface area contributed by atoms with Crippen LogP contribution >= 0.6 is 11.3 Å². The first kappa shape index (κ1) is 11.2. The smallest absolute Gasteiger partial charge is 0.0856 e. The van der Waals surface area contributed by atoms with Crippen molar-refractivity contribution in [2.75, 3.05) is 11.9 Å². The quantitative estimate of drug-likeness (QED) is 0.777. The van der Waals surface area contributed by atoms with Gasteiger partial charge in [-0.05, 0) is 39.6 Å². The molecule has 0 aliphatic carbocycles. The number of anilines is 1. The molecule has 96 valence electrons. The molecule has 2 aliphatic heterocycles. The molecule has 1 aromatic carbocycles. The normalized spacial score (nSPS) is 25.4. The molecule has 2 aromatic rings. The number of rotatable bonds is 1. The van der Waals surface area contributed by atoms with Crippen molar-refractivity contribution in [1.82, 2.24) is 5.06 Å². The van der Waals surface area contributed by atoms with Gasteiger partial charge in [-0.2, -0.15) is 16.4 Å². The van der Waals surface area contributed by atoms with Crippen molar-refractivity contribution >= 4 is 17.0 Å². The fourth-order valence-corrected chi connectivity index (χ4v) is 3.71. The van der Waals surface area contributed by atoms with Gasteiger partial charge in [-0.25, -0.2) is 0 Å². The van der Waals surface area contributed by atoms with Crippen LogP contribution in [-0.2, 0) is 0 Å². The maximum absolute atomic E-state index is 10.1. The SMILES string of the molecule is ON1CC=C2[C@@H](c3ccsc3)Nc3ccccc3[C@H]21. The van der Waals surface area contributed by atoms with Gasteiger partial charge in [0, 0.05) is 12.2 Å². The van der Waals surface area contributed by atoms with Crippen molar-refractivity contribution in [3.05, 3.63) is 63.9 Å². The summed E-state index contributed by atoms with van der Waals surface area (Å²) >= 11 is 1.71. The molecular weight excluding hydrogens is 256 g/mol. The van der Waals surface area contributed by atoms with Crippen molar-refractivity contribution in [2.45, 2.75) is 12.1 Å². The van der Waals surface area contributed by atoms with Crippen LogP contribution in [0.15, 0.2) is 52.7 Å². The fraction of sp³-hybridized carbons (Fsp3) is 0.200. The van der Waals surface area contributed by atoms with Crippen molar-refractivity contribution < 1.29 is 5.21 Å². The largest absolute Gasteiger partial charge is 0.374 e. The Labute approximate surface area is 115 Å². The number of thiophene rings is 1. The Morgan fingerprint density at radius 3 is 3.00 bits per heavy atom. The number of hydrogen-bond acceptors (Lipinski definition) is 4. The van der Waals surface area contributed by atoms with Crippen LogP contribution < -0.4 is 5.32 Å². The highest BCUT2D eigenvalue weighted by Crippen LogP contribution is 2.47. The van der Waals surface area contributed by atoms with Crippen LogP contribution in [0.4, 0.5) is 5.69 Å². The van der Waals surface area contributed by atoms with Crippen molar-refractivity contribution in [2.24, 2.45) is 0 Å². The number of hydrogen-bond donors (Lipinski definition) is 2. The van der Waals surface area contributed by atoms with E-state index in [9.17, 15) is 5.21 Å². The lowest BCUT2D eigenvalue weighted by atomic mass is 9.87. The third kappa shape index (κ3) is 1.64. The van der Waals surface area contributed by atoms with Crippen molar-refractivity contribution in [1.29, 1.82) is 0 Å². The van der Waals surface area contributed by atoms with E-state index in [1.165, 1.54) is 16.2 Å². The van der Waals surface area contributed by atoms with Gasteiger partial charge >= 0.3 is 0 Å². The van der Waals surface area contributed by atoms with Crippen LogP contribution in [0.1, 0.15) is 23.2 Å². The number of fused-ring (bicyclic) bond motifs is 3. The molecule has 0 bridgehead atoms. The molecule has 0 spiro atoms. The predicted octanol–water partition coefficient (Wildman–Crippen LogP) is 3.59. The molecule has 1 aromatic heterocycles. The minimum atomic E-state index is -0.0117. The second-order valence-electron chi connectivity index (χ2n) is 4.95. The second kappa shape index (κ2) is 4.20. The van der Waals surface area contributed by atoms with E-state index in [0.29, 0.717) is 6.54 Å². The molecule has 2 aliphatic rings. The zero-order valence-electron chi connectivity index (χ0n) is 10.3. The van der Waals surface area contributed by atoms with Crippen LogP contribution in [0.2, 0.25) is 0 Å². The number of benzene rings is 1. The molecule has 2 atom stereocenters. The highest BCUT2D eigenvalue weighted by molar-refractivity contribution is 7.08. The van der Waals surface area contributed by atoms with E-state index in [1.54, 1.807) is 11.3 Å². The summed E-state index contributed by atoms with van der Waals surface area (Å²) in [6.07, 6.45) is 2.13. The molecule has 2 N–H and O–H groups in total. The lowest BCUT2D eigenvalue weighted by Gasteiger charge is -2.35. The number of nitrogens with zero attached hydrogens (tertiary/aromatic N) is 1. The van der Waals surface area contributed by atoms with Crippen LogP contribution in [0.5, 0.6) is 0 Å². The average Bonchev–Trinajstić information content (AvgIpc) is 3.08. The maximum atomic E-state index is 10.1. The van der Waals surface area contributed by atoms with E-state index in [0.717, 1.165) is 11.3 Å². The third-order valence-corrected chi connectivity index (χ3v) is 4.59. The van der Waals surface area contributed by atoms with Crippen molar-refractivity contribution in [3.8, 4) is 0 Å². The van der Waals surface area contributed by atoms with Gasteiger partial charge in [-0.1, -0.05) is 24.3 Å². The second-order valence-corrected chi connectivity index (χ2v) is 5.73. The fourth-order valence-electron chi connectivity index (χ4n) is 3.02. The molecule has 0 unspecified atom stereocenters. The number of hydroxylamine groups is 2. The van der Waals surface area contributed by atoms with Gasteiger partial charge in [-0.15, -0.1) is 0 Å². The third-order valence-electron chi connectivity index (χ3n) is 3.89. The van der Waals surface area contributed by atoms with Gasteiger partial charge < -0.3 is 10.5 Å². The van der Waals surface area contributed by atoms with Gasteiger partial charge in [0.1, 0.15) is 0 Å². The minimum Gasteiger partial charge on any atom is -0.374 e. The van der Waals surface area contributed by atoms with Gasteiger partial charge in [-0.3, -0.25) is 0 Å². The summed E-state index contributed by atoms with van der Waals surface area (Å²) in [5.74, 6) is 0. The lowest BCUT2D eigenvalue weighted by Crippen LogP contribution is -2.29. The Kier molecular flexibility index (Phi) is 2.48. The lowest BCUT2D eigenvalue weighted by molar-refractivity contribution is -0.0999. The molecule has 0 saturated heterocycles. The molecule has 3 nitrogen and oxygen atoms in total. The summed E-state index contributed by atoms with van der Waals surface area (Å²) in [5.41, 5.74) is 4.78. The number of nitrogens with one attached hydrogen (secondary N) is 1. The van der Waals surface area contributed by atoms with Crippen LogP contribution in [0, 0.1) is 0 Å². The molecule has 0 radical (unpaired) electrons. The summed E-state index contributed by atoms with van der Waals surface area (Å²) in [7, 11) is 0. The average molecular weight is 270 g/mol. The van der Waals surface area contributed by atoms with Gasteiger partial charge in [0.25, 0.3) is 0 Å². The monoisotopic (exact) mass is 270 g/mol. The molecule has 19 heavy (non-hydrogen) atoms. The Morgan fingerprint density at radius 1 is 1.26 bits per heavy atom. The minimum absolute atomic E-state index is 0.0117. The Hall–Kier alpha value is -1.62. The first-order chi connectivity index (χ1) is 9.34. The van der Waals surface area contributed by atoms with Gasteiger partial charge in [0.2, 0.25) is 0 Å². The highest BCUT2D eigenvalue weighted by Gasteiger charge is 2.38. The summed E-state index contributed by atoms with van der Waals surface area (Å²) in [5, 5.41) is 19.4. The van der Waals surface area contributed by atoms with E-state index in [-0.39, 0.29) is 12.1 Å². The topological polar surface area (TPSA) is 35.5 Å². The number of para-hydroxylation sites is 1. The molecule has 0 fully saturated rings. The molecule has 0 saturated carbocycles. The van der Waals surface area contributed by atoms with Crippen LogP contribution in [-0.4, -0.2) is 16.8 Å². The van der Waals surface area contributed by atoms with E-state index < -0.39 is 0 Å². The summed E-state index contributed by atoms with van der Waals surface area (Å²) in [6.45, 7) is 0.594. The summed E-state index contributed by atoms with van der Waals surface area (Å²) < 4.78 is 0. The molecule has 4 heteroatoms. The first-order valence-electron chi connectivity index (χ1n) is 6.37. The highest BCUT2D eigenvalue weighted by atomic mass is 32.1. The Morgan fingerprint density at radius 2 is 2.16 bits per heavy atom. The zero-order chi connectivity index (χ0) is 12.8. The van der Waals surface area contributed by atoms with E-state index >= 15 is 0 Å². The molecule has 4 rings (SSSR count). The van der Waals surface area contributed by atoms with Crippen molar-refractivity contribution in [3.63, 3.8) is 0 Å². The van der Waals surface area contributed by atoms with Gasteiger partial charge in [0.15, 0.2) is 0 Å². The molecule has 0 amide bonds. The standard InChI is InChI=1S/C15H14N2OS/c18-17-7-5-12-14(10-6-8-19-9-10)16-13-4-2-1-3-11(13)15(12)17/h1-6,8-9,14-16,18H,7H2/t14-,15-/m1/s1. The van der Waals surface area contributed by atoms with E-state index in [2.05, 4.69) is 40.4 Å². The predicted molar refractivity (Wildman–Crippen MR) is 76.4 cm³/mol. The van der Waals surface area contributed by atoms with E-state index in [1.807, 2.05) is 12.1 Å². The van der Waals surface area contributed by atoms with Crippen LogP contribution in [0.25, 0.3) is 0 Å².